The molecule has 5 nitrogen and oxygen atoms in total. The predicted octanol–water partition coefficient (Wildman–Crippen LogP) is 3.06. The molecule has 1 amide bonds. The molecule has 2 aromatic carbocycles. The number of rotatable bonds is 7. The van der Waals surface area contributed by atoms with E-state index in [4.69, 9.17) is 15.2 Å². The van der Waals surface area contributed by atoms with E-state index in [0.717, 1.165) is 21.3 Å². The normalized spacial score (nSPS) is 12.6. The number of carbonyl (C=O) groups is 1. The fourth-order valence-corrected chi connectivity index (χ4v) is 2.93. The second-order valence-corrected chi connectivity index (χ2v) is 6.16. The van der Waals surface area contributed by atoms with Crippen molar-refractivity contribution in [3.8, 4) is 5.75 Å². The molecule has 3 N–H and O–H groups in total. The Hall–Kier alpha value is -1.60. The van der Waals surface area contributed by atoms with Crippen LogP contribution in [0.3, 0.4) is 0 Å². The molecule has 0 bridgehead atoms. The highest BCUT2D eigenvalue weighted by Gasteiger charge is 2.21. The van der Waals surface area contributed by atoms with Crippen LogP contribution in [0.1, 0.15) is 17.2 Å². The maximum atomic E-state index is 12.3. The summed E-state index contributed by atoms with van der Waals surface area (Å²) in [6.45, 7) is 0.166. The number of carbonyl (C=O) groups excluding carboxylic acids is 1. The van der Waals surface area contributed by atoms with Crippen LogP contribution in [0.25, 0.3) is 0 Å². The summed E-state index contributed by atoms with van der Waals surface area (Å²) in [6.07, 6.45) is 0. The number of methoxy groups -OCH3 is 2. The molecule has 2 aromatic rings. The Morgan fingerprint density at radius 3 is 2.40 bits per heavy atom. The Morgan fingerprint density at radius 1 is 1.16 bits per heavy atom. The fraction of sp³-hybridized carbons (Fsp3) is 0.278. The summed E-state index contributed by atoms with van der Waals surface area (Å²) in [5, 5.41) is 2.99. The fourth-order valence-electron chi connectivity index (χ4n) is 2.37. The highest BCUT2D eigenvalue weighted by Crippen LogP contribution is 2.30. The van der Waals surface area contributed by atoms with Crippen molar-refractivity contribution in [2.24, 2.45) is 5.73 Å². The molecule has 2 unspecified atom stereocenters. The highest BCUT2D eigenvalue weighted by atomic mass is 79.9. The number of amides is 1. The third-order valence-corrected chi connectivity index (χ3v) is 4.23. The first-order chi connectivity index (χ1) is 11.6. The molecule has 0 radical (unpaired) electrons. The van der Waals surface area contributed by atoms with Crippen molar-refractivity contribution in [2.45, 2.75) is 12.1 Å². The van der Waals surface area contributed by atoms with Gasteiger partial charge in [-0.1, -0.05) is 36.4 Å². The quantitative estimate of drug-likeness (QED) is 0.709. The lowest BCUT2D eigenvalue weighted by Crippen LogP contribution is -2.45. The Bertz CT molecular complexity index is 685. The average Bonchev–Trinajstić information content (AvgIpc) is 2.60. The molecule has 0 aromatic heterocycles. The summed E-state index contributed by atoms with van der Waals surface area (Å²) in [5.41, 5.74) is 7.73. The van der Waals surface area contributed by atoms with E-state index in [1.54, 1.807) is 7.11 Å². The number of halogens is 2. The van der Waals surface area contributed by atoms with Gasteiger partial charge in [0.15, 0.2) is 0 Å². The second kappa shape index (κ2) is 10.4. The lowest BCUT2D eigenvalue weighted by Gasteiger charge is -2.22. The van der Waals surface area contributed by atoms with Crippen molar-refractivity contribution < 1.29 is 14.3 Å². The van der Waals surface area contributed by atoms with Crippen LogP contribution < -0.4 is 15.8 Å². The molecule has 0 saturated heterocycles. The van der Waals surface area contributed by atoms with Gasteiger partial charge in [0.05, 0.1) is 24.2 Å². The van der Waals surface area contributed by atoms with E-state index in [1.807, 2.05) is 48.5 Å². The van der Waals surface area contributed by atoms with Crippen molar-refractivity contribution >= 4 is 34.2 Å². The van der Waals surface area contributed by atoms with Crippen molar-refractivity contribution in [2.75, 3.05) is 20.8 Å². The molecule has 0 aliphatic heterocycles. The van der Waals surface area contributed by atoms with E-state index in [-0.39, 0.29) is 31.0 Å². The Labute approximate surface area is 162 Å². The first-order valence-electron chi connectivity index (χ1n) is 7.50. The molecule has 0 heterocycles. The Kier molecular flexibility index (Phi) is 8.92. The van der Waals surface area contributed by atoms with Crippen LogP contribution in [-0.4, -0.2) is 32.8 Å². The first-order valence-corrected chi connectivity index (χ1v) is 8.29. The van der Waals surface area contributed by atoms with Gasteiger partial charge in [-0.3, -0.25) is 4.79 Å². The van der Waals surface area contributed by atoms with Gasteiger partial charge in [0.2, 0.25) is 5.91 Å². The van der Waals surface area contributed by atoms with E-state index in [1.165, 1.54) is 7.11 Å². The summed E-state index contributed by atoms with van der Waals surface area (Å²) in [5.74, 6) is 0.464. The van der Waals surface area contributed by atoms with Gasteiger partial charge >= 0.3 is 0 Å². The van der Waals surface area contributed by atoms with Crippen LogP contribution in [0, 0.1) is 0 Å². The zero-order chi connectivity index (χ0) is 17.5. The van der Waals surface area contributed by atoms with E-state index in [0.29, 0.717) is 0 Å². The van der Waals surface area contributed by atoms with Crippen LogP contribution in [0.2, 0.25) is 0 Å². The number of nitrogens with one attached hydrogen (secondary N) is 1. The molecule has 0 aliphatic carbocycles. The summed E-state index contributed by atoms with van der Waals surface area (Å²) < 4.78 is 11.0. The smallest absolute Gasteiger partial charge is 0.240 e. The number of hydrogen-bond donors (Lipinski definition) is 2. The number of hydrogen-bond acceptors (Lipinski definition) is 4. The minimum atomic E-state index is -0.720. The Morgan fingerprint density at radius 2 is 1.84 bits per heavy atom. The number of benzene rings is 2. The van der Waals surface area contributed by atoms with Crippen LogP contribution in [0.4, 0.5) is 0 Å². The molecular formula is C18H22BrClN2O3. The molecule has 2 atom stereocenters. The molecule has 7 heteroatoms. The number of ether oxygens (including phenoxy) is 2. The van der Waals surface area contributed by atoms with Crippen LogP contribution in [-0.2, 0) is 9.53 Å². The maximum absolute atomic E-state index is 12.3. The summed E-state index contributed by atoms with van der Waals surface area (Å²) >= 11 is 3.49. The van der Waals surface area contributed by atoms with Gasteiger partial charge < -0.3 is 20.5 Å². The highest BCUT2D eigenvalue weighted by molar-refractivity contribution is 9.10. The van der Waals surface area contributed by atoms with Crippen molar-refractivity contribution in [1.29, 1.82) is 0 Å². The minimum Gasteiger partial charge on any atom is -0.496 e. The van der Waals surface area contributed by atoms with Gasteiger partial charge in [-0.05, 0) is 39.2 Å². The van der Waals surface area contributed by atoms with E-state index < -0.39 is 6.04 Å². The molecule has 2 rings (SSSR count). The molecule has 0 spiro atoms. The standard InChI is InChI=1S/C18H21BrN2O3.ClH/c1-23-11-15(20)18(22)21-17(12-6-4-3-5-7-12)13-8-9-16(24-2)14(19)10-13;/h3-10,15,17H,11,20H2,1-2H3,(H,21,22);1H. The largest absolute Gasteiger partial charge is 0.496 e. The van der Waals surface area contributed by atoms with Gasteiger partial charge in [0, 0.05) is 7.11 Å². The maximum Gasteiger partial charge on any atom is 0.240 e. The average molecular weight is 430 g/mol. The van der Waals surface area contributed by atoms with E-state index in [2.05, 4.69) is 21.2 Å². The third-order valence-electron chi connectivity index (χ3n) is 3.61. The van der Waals surface area contributed by atoms with Gasteiger partial charge in [-0.25, -0.2) is 0 Å². The van der Waals surface area contributed by atoms with Crippen molar-refractivity contribution in [1.82, 2.24) is 5.32 Å². The van der Waals surface area contributed by atoms with Gasteiger partial charge in [0.25, 0.3) is 0 Å². The summed E-state index contributed by atoms with van der Waals surface area (Å²) in [4.78, 5) is 12.3. The molecule has 0 aliphatic rings. The lowest BCUT2D eigenvalue weighted by atomic mass is 9.98. The summed E-state index contributed by atoms with van der Waals surface area (Å²) in [6, 6.07) is 14.4. The predicted molar refractivity (Wildman–Crippen MR) is 104 cm³/mol. The lowest BCUT2D eigenvalue weighted by molar-refractivity contribution is -0.123. The molecular weight excluding hydrogens is 408 g/mol. The first kappa shape index (κ1) is 21.4. The van der Waals surface area contributed by atoms with Crippen molar-refractivity contribution in [3.63, 3.8) is 0 Å². The van der Waals surface area contributed by atoms with Crippen LogP contribution >= 0.6 is 28.3 Å². The molecule has 0 fully saturated rings. The van der Waals surface area contributed by atoms with E-state index >= 15 is 0 Å². The van der Waals surface area contributed by atoms with Crippen LogP contribution in [0.15, 0.2) is 53.0 Å². The van der Waals surface area contributed by atoms with E-state index in [9.17, 15) is 4.79 Å². The topological polar surface area (TPSA) is 73.6 Å². The van der Waals surface area contributed by atoms with Gasteiger partial charge in [0.1, 0.15) is 11.8 Å². The summed E-state index contributed by atoms with van der Waals surface area (Å²) in [7, 11) is 3.13. The third kappa shape index (κ3) is 5.71. The molecule has 136 valence electrons. The van der Waals surface area contributed by atoms with Crippen LogP contribution in [0.5, 0.6) is 5.75 Å². The monoisotopic (exact) mass is 428 g/mol. The molecule has 25 heavy (non-hydrogen) atoms. The minimum absolute atomic E-state index is 0. The van der Waals surface area contributed by atoms with Crippen molar-refractivity contribution in [3.05, 3.63) is 64.1 Å². The van der Waals surface area contributed by atoms with Gasteiger partial charge in [-0.15, -0.1) is 12.4 Å². The SMILES string of the molecule is COCC(N)C(=O)NC(c1ccccc1)c1ccc(OC)c(Br)c1.Cl. The molecule has 0 saturated carbocycles. The zero-order valence-corrected chi connectivity index (χ0v) is 16.5. The Balaban J connectivity index is 0.00000312. The number of nitrogens with two attached hydrogens (primary N) is 1. The second-order valence-electron chi connectivity index (χ2n) is 5.31. The van der Waals surface area contributed by atoms with Gasteiger partial charge in [-0.2, -0.15) is 0 Å². The zero-order valence-electron chi connectivity index (χ0n) is 14.1.